The molecule has 1 aliphatic carbocycles. The Hall–Kier alpha value is -2.54. The number of nitrogens with one attached hydrogen (secondary N) is 1. The molecule has 1 amide bonds. The van der Waals surface area contributed by atoms with E-state index in [2.05, 4.69) is 17.3 Å². The van der Waals surface area contributed by atoms with E-state index in [1.54, 1.807) is 32.1 Å². The lowest BCUT2D eigenvalue weighted by Gasteiger charge is -2.35. The molecule has 2 unspecified atom stereocenters. The van der Waals surface area contributed by atoms with E-state index in [0.717, 1.165) is 24.1 Å². The number of carbonyl (C=O) groups is 1. The lowest BCUT2D eigenvalue weighted by molar-refractivity contribution is -0.0374. The van der Waals surface area contributed by atoms with Gasteiger partial charge in [-0.2, -0.15) is 5.10 Å². The maximum atomic E-state index is 12.8. The molecule has 1 heterocycles. The molecule has 2 atom stereocenters. The highest BCUT2D eigenvalue weighted by molar-refractivity contribution is 5.93. The van der Waals surface area contributed by atoms with Crippen LogP contribution in [-0.2, 0) is 11.8 Å². The summed E-state index contributed by atoms with van der Waals surface area (Å²) in [6.45, 7) is 4.04. The maximum Gasteiger partial charge on any atom is 0.272 e. The summed E-state index contributed by atoms with van der Waals surface area (Å²) >= 11 is 0. The number of amides is 1. The molecule has 0 saturated heterocycles. The molecule has 1 aliphatic rings. The Morgan fingerprint density at radius 2 is 1.89 bits per heavy atom. The number of rotatable bonds is 8. The van der Waals surface area contributed by atoms with E-state index >= 15 is 0 Å². The van der Waals surface area contributed by atoms with Crippen molar-refractivity contribution in [3.05, 3.63) is 30.0 Å². The largest absolute Gasteiger partial charge is 0.493 e. The second-order valence-electron chi connectivity index (χ2n) is 7.47. The van der Waals surface area contributed by atoms with Crippen molar-refractivity contribution in [2.24, 2.45) is 13.0 Å². The summed E-state index contributed by atoms with van der Waals surface area (Å²) in [4.78, 5) is 12.8. The zero-order chi connectivity index (χ0) is 20.5. The van der Waals surface area contributed by atoms with Crippen molar-refractivity contribution in [2.45, 2.75) is 38.3 Å². The molecule has 1 saturated carbocycles. The SMILES string of the molecule is COc1ccc(-c2cc(C(=O)NC(C)C(C)(OC)C3CC3)nn2C)cc1OC. The number of methoxy groups -OCH3 is 3. The summed E-state index contributed by atoms with van der Waals surface area (Å²) in [5, 5.41) is 7.46. The smallest absolute Gasteiger partial charge is 0.272 e. The fourth-order valence-electron chi connectivity index (χ4n) is 3.61. The van der Waals surface area contributed by atoms with E-state index < -0.39 is 0 Å². The van der Waals surface area contributed by atoms with Crippen molar-refractivity contribution in [3.8, 4) is 22.8 Å². The predicted molar refractivity (Wildman–Crippen MR) is 107 cm³/mol. The van der Waals surface area contributed by atoms with E-state index in [9.17, 15) is 4.79 Å². The summed E-state index contributed by atoms with van der Waals surface area (Å²) in [7, 11) is 6.71. The van der Waals surface area contributed by atoms with Gasteiger partial charge in [0, 0.05) is 19.7 Å². The van der Waals surface area contributed by atoms with Crippen LogP contribution < -0.4 is 14.8 Å². The van der Waals surface area contributed by atoms with E-state index in [0.29, 0.717) is 23.1 Å². The average Bonchev–Trinajstić information content (AvgIpc) is 3.49. The van der Waals surface area contributed by atoms with Gasteiger partial charge < -0.3 is 19.5 Å². The van der Waals surface area contributed by atoms with Crippen LogP contribution in [0.4, 0.5) is 0 Å². The fraction of sp³-hybridized carbons (Fsp3) is 0.524. The van der Waals surface area contributed by atoms with Gasteiger partial charge in [-0.05, 0) is 56.9 Å². The molecule has 28 heavy (non-hydrogen) atoms. The summed E-state index contributed by atoms with van der Waals surface area (Å²) in [6.07, 6.45) is 2.27. The molecule has 1 aromatic carbocycles. The first-order valence-electron chi connectivity index (χ1n) is 9.46. The lowest BCUT2D eigenvalue weighted by Crippen LogP contribution is -2.51. The van der Waals surface area contributed by atoms with Crippen LogP contribution in [0.5, 0.6) is 11.5 Å². The Morgan fingerprint density at radius 1 is 1.21 bits per heavy atom. The first kappa shape index (κ1) is 20.2. The molecule has 0 spiro atoms. The van der Waals surface area contributed by atoms with Gasteiger partial charge in [0.15, 0.2) is 17.2 Å². The van der Waals surface area contributed by atoms with Gasteiger partial charge in [0.05, 0.1) is 31.6 Å². The van der Waals surface area contributed by atoms with Crippen LogP contribution in [0.3, 0.4) is 0 Å². The second-order valence-corrected chi connectivity index (χ2v) is 7.47. The van der Waals surface area contributed by atoms with Crippen LogP contribution in [-0.4, -0.2) is 48.7 Å². The Kier molecular flexibility index (Phi) is 5.65. The lowest BCUT2D eigenvalue weighted by atomic mass is 9.91. The molecule has 1 aromatic heterocycles. The van der Waals surface area contributed by atoms with Crippen molar-refractivity contribution >= 4 is 5.91 Å². The molecular weight excluding hydrogens is 358 g/mol. The highest BCUT2D eigenvalue weighted by Crippen LogP contribution is 2.43. The summed E-state index contributed by atoms with van der Waals surface area (Å²) in [5.41, 5.74) is 1.71. The molecule has 7 nitrogen and oxygen atoms in total. The van der Waals surface area contributed by atoms with Crippen molar-refractivity contribution < 1.29 is 19.0 Å². The zero-order valence-corrected chi connectivity index (χ0v) is 17.4. The minimum atomic E-state index is -0.364. The average molecular weight is 387 g/mol. The number of nitrogens with zero attached hydrogens (tertiary/aromatic N) is 2. The first-order chi connectivity index (χ1) is 13.3. The Labute approximate surface area is 166 Å². The highest BCUT2D eigenvalue weighted by atomic mass is 16.5. The van der Waals surface area contributed by atoms with Gasteiger partial charge in [0.2, 0.25) is 0 Å². The van der Waals surface area contributed by atoms with Crippen LogP contribution in [0, 0.1) is 5.92 Å². The molecule has 152 valence electrons. The summed E-state index contributed by atoms with van der Waals surface area (Å²) in [6, 6.07) is 7.28. The topological polar surface area (TPSA) is 74.6 Å². The van der Waals surface area contributed by atoms with Gasteiger partial charge in [-0.25, -0.2) is 0 Å². The van der Waals surface area contributed by atoms with Crippen LogP contribution >= 0.6 is 0 Å². The monoisotopic (exact) mass is 387 g/mol. The third-order valence-electron chi connectivity index (χ3n) is 5.83. The predicted octanol–water partition coefficient (Wildman–Crippen LogP) is 3.04. The number of carbonyl (C=O) groups excluding carboxylic acids is 1. The zero-order valence-electron chi connectivity index (χ0n) is 17.4. The minimum absolute atomic E-state index is 0.121. The van der Waals surface area contributed by atoms with E-state index in [4.69, 9.17) is 14.2 Å². The third-order valence-corrected chi connectivity index (χ3v) is 5.83. The Bertz CT molecular complexity index is 859. The van der Waals surface area contributed by atoms with Gasteiger partial charge >= 0.3 is 0 Å². The number of benzene rings is 1. The molecule has 0 bridgehead atoms. The summed E-state index contributed by atoms with van der Waals surface area (Å²) in [5.74, 6) is 1.55. The molecular formula is C21H29N3O4. The molecule has 0 aliphatic heterocycles. The molecule has 7 heteroatoms. The Balaban J connectivity index is 1.81. The van der Waals surface area contributed by atoms with Gasteiger partial charge in [-0.3, -0.25) is 9.48 Å². The molecule has 1 fully saturated rings. The van der Waals surface area contributed by atoms with Gasteiger partial charge in [-0.15, -0.1) is 0 Å². The summed E-state index contributed by atoms with van der Waals surface area (Å²) < 4.78 is 18.1. The van der Waals surface area contributed by atoms with Crippen LogP contribution in [0.15, 0.2) is 24.3 Å². The maximum absolute atomic E-state index is 12.8. The van der Waals surface area contributed by atoms with Crippen LogP contribution in [0.2, 0.25) is 0 Å². The van der Waals surface area contributed by atoms with Crippen LogP contribution in [0.1, 0.15) is 37.2 Å². The van der Waals surface area contributed by atoms with Crippen molar-refractivity contribution in [1.82, 2.24) is 15.1 Å². The number of ether oxygens (including phenoxy) is 3. The second kappa shape index (κ2) is 7.83. The van der Waals surface area contributed by atoms with Gasteiger partial charge in [0.25, 0.3) is 5.91 Å². The normalized spacial score (nSPS) is 16.9. The van der Waals surface area contributed by atoms with E-state index in [-0.39, 0.29) is 17.6 Å². The van der Waals surface area contributed by atoms with Gasteiger partial charge in [0.1, 0.15) is 0 Å². The third kappa shape index (κ3) is 3.71. The highest BCUT2D eigenvalue weighted by Gasteiger charge is 2.46. The van der Waals surface area contributed by atoms with Crippen molar-refractivity contribution in [2.75, 3.05) is 21.3 Å². The number of aryl methyl sites for hydroxylation is 1. The Morgan fingerprint density at radius 3 is 2.46 bits per heavy atom. The number of hydrogen-bond acceptors (Lipinski definition) is 5. The fourth-order valence-corrected chi connectivity index (χ4v) is 3.61. The quantitative estimate of drug-likeness (QED) is 0.754. The molecule has 1 N–H and O–H groups in total. The molecule has 2 aromatic rings. The molecule has 0 radical (unpaired) electrons. The van der Waals surface area contributed by atoms with E-state index in [1.165, 1.54) is 0 Å². The number of aromatic nitrogens is 2. The first-order valence-corrected chi connectivity index (χ1v) is 9.46. The van der Waals surface area contributed by atoms with Crippen molar-refractivity contribution in [3.63, 3.8) is 0 Å². The standard InChI is InChI=1S/C21H29N3O4/c1-13(21(2,28-6)15-8-9-15)22-20(25)16-12-17(24(3)23-16)14-7-10-18(26-4)19(11-14)27-5/h7,10-13,15H,8-9H2,1-6H3,(H,22,25). The van der Waals surface area contributed by atoms with E-state index in [1.807, 2.05) is 32.2 Å². The van der Waals surface area contributed by atoms with Crippen molar-refractivity contribution in [1.29, 1.82) is 0 Å². The van der Waals surface area contributed by atoms with Gasteiger partial charge in [-0.1, -0.05) is 0 Å². The number of hydrogen-bond donors (Lipinski definition) is 1. The minimum Gasteiger partial charge on any atom is -0.493 e. The molecule has 3 rings (SSSR count). The van der Waals surface area contributed by atoms with Crippen LogP contribution in [0.25, 0.3) is 11.3 Å².